The number of benzene rings is 2. The molecule has 0 unspecified atom stereocenters. The van der Waals surface area contributed by atoms with Gasteiger partial charge in [-0.2, -0.15) is 0 Å². The zero-order valence-electron chi connectivity index (χ0n) is 11.8. The summed E-state index contributed by atoms with van der Waals surface area (Å²) in [7, 11) is 0. The Bertz CT molecular complexity index is 760. The van der Waals surface area contributed by atoms with Crippen LogP contribution in [0.25, 0.3) is 5.32 Å². The first kappa shape index (κ1) is 15.0. The van der Waals surface area contributed by atoms with Gasteiger partial charge in [-0.1, -0.05) is 41.9 Å². The van der Waals surface area contributed by atoms with Crippen molar-refractivity contribution in [1.29, 1.82) is 0 Å². The van der Waals surface area contributed by atoms with Gasteiger partial charge in [0.05, 0.1) is 12.0 Å². The van der Waals surface area contributed by atoms with E-state index in [1.54, 1.807) is 24.3 Å². The summed E-state index contributed by atoms with van der Waals surface area (Å²) in [6.45, 7) is 0. The number of carbonyl (C=O) groups is 1. The van der Waals surface area contributed by atoms with Gasteiger partial charge in [-0.3, -0.25) is 20.2 Å². The second-order valence-corrected chi connectivity index (χ2v) is 5.09. The van der Waals surface area contributed by atoms with Gasteiger partial charge in [-0.05, 0) is 29.8 Å². The Balaban J connectivity index is 1.82. The monoisotopic (exact) mass is 327 g/mol. The fourth-order valence-electron chi connectivity index (χ4n) is 1.99. The largest absolute Gasteiger partial charge is 0.373 e. The molecule has 0 radical (unpaired) electrons. The van der Waals surface area contributed by atoms with Crippen LogP contribution in [-0.4, -0.2) is 26.5 Å². The molecule has 0 aliphatic heterocycles. The molecule has 3 rings (SSSR count). The summed E-state index contributed by atoms with van der Waals surface area (Å²) in [5, 5.41) is 20.9. The Morgan fingerprint density at radius 1 is 1.13 bits per heavy atom. The lowest BCUT2D eigenvalue weighted by Crippen LogP contribution is -2.20. The second kappa shape index (κ2) is 6.89. The lowest BCUT2D eigenvalue weighted by molar-refractivity contribution is -0.116. The molecule has 0 saturated carbocycles. The van der Waals surface area contributed by atoms with Gasteiger partial charge < -0.3 is 10.6 Å². The number of H-pyrrole nitrogens is 1. The van der Waals surface area contributed by atoms with Crippen LogP contribution in [0.1, 0.15) is 11.6 Å². The van der Waals surface area contributed by atoms with E-state index in [0.29, 0.717) is 10.7 Å². The van der Waals surface area contributed by atoms with Gasteiger partial charge in [0.15, 0.2) is 0 Å². The van der Waals surface area contributed by atoms with Gasteiger partial charge in [-0.25, -0.2) is 0 Å². The fourth-order valence-corrected chi connectivity index (χ4v) is 2.12. The van der Waals surface area contributed by atoms with E-state index in [9.17, 15) is 4.79 Å². The first-order chi connectivity index (χ1) is 11.2. The van der Waals surface area contributed by atoms with Crippen LogP contribution in [0.15, 0.2) is 54.6 Å². The Labute approximate surface area is 137 Å². The quantitative estimate of drug-likeness (QED) is 0.751. The van der Waals surface area contributed by atoms with Gasteiger partial charge in [0.1, 0.15) is 0 Å². The molecule has 0 aliphatic carbocycles. The van der Waals surface area contributed by atoms with Crippen molar-refractivity contribution in [2.45, 2.75) is 6.04 Å². The third-order valence-electron chi connectivity index (χ3n) is 3.05. The van der Waals surface area contributed by atoms with Gasteiger partial charge in [0.2, 0.25) is 5.91 Å². The maximum absolute atomic E-state index is 12.6. The normalized spacial score (nSPS) is 11.7. The summed E-state index contributed by atoms with van der Waals surface area (Å²) in [5.41, 5.74) is 1.35. The summed E-state index contributed by atoms with van der Waals surface area (Å²) < 4.78 is 0. The van der Waals surface area contributed by atoms with Crippen molar-refractivity contribution in [3.63, 3.8) is 0 Å². The van der Waals surface area contributed by atoms with Crippen LogP contribution >= 0.6 is 11.6 Å². The number of nitrogens with zero attached hydrogens (tertiary/aromatic N) is 4. The molecule has 1 amide bonds. The summed E-state index contributed by atoms with van der Waals surface area (Å²) >= 11 is 5.84. The molecule has 0 aliphatic rings. The third kappa shape index (κ3) is 3.83. The number of aromatic amines is 1. The van der Waals surface area contributed by atoms with Crippen LogP contribution in [0.3, 0.4) is 0 Å². The van der Waals surface area contributed by atoms with E-state index in [2.05, 4.69) is 31.3 Å². The minimum absolute atomic E-state index is 0.116. The number of tetrazole rings is 1. The van der Waals surface area contributed by atoms with E-state index in [1.165, 1.54) is 0 Å². The van der Waals surface area contributed by atoms with Crippen LogP contribution < -0.4 is 5.32 Å². The minimum Gasteiger partial charge on any atom is -0.373 e. The summed E-state index contributed by atoms with van der Waals surface area (Å²) in [4.78, 5) is 12.6. The molecule has 3 aromatic rings. The fraction of sp³-hybridized carbons (Fsp3) is 0.0667. The van der Waals surface area contributed by atoms with Crippen molar-refractivity contribution in [3.05, 3.63) is 70.5 Å². The van der Waals surface area contributed by atoms with Crippen molar-refractivity contribution in [2.24, 2.45) is 0 Å². The van der Waals surface area contributed by atoms with Gasteiger partial charge in [0, 0.05) is 10.7 Å². The predicted octanol–water partition coefficient (Wildman–Crippen LogP) is 3.24. The van der Waals surface area contributed by atoms with Crippen LogP contribution in [0.2, 0.25) is 5.02 Å². The molecule has 1 aromatic heterocycles. The Morgan fingerprint density at radius 2 is 1.87 bits per heavy atom. The Morgan fingerprint density at radius 3 is 2.52 bits per heavy atom. The van der Waals surface area contributed by atoms with Crippen molar-refractivity contribution in [1.82, 2.24) is 20.6 Å². The maximum atomic E-state index is 12.6. The molecule has 7 nitrogen and oxygen atoms in total. The number of carbonyl (C=O) groups excluding carboxylic acids is 1. The molecule has 2 aromatic carbocycles. The average molecular weight is 328 g/mol. The summed E-state index contributed by atoms with van der Waals surface area (Å²) in [6.07, 6.45) is 0. The van der Waals surface area contributed by atoms with Crippen LogP contribution in [-0.2, 0) is 4.79 Å². The molecule has 8 heteroatoms. The van der Waals surface area contributed by atoms with E-state index in [1.807, 2.05) is 30.3 Å². The van der Waals surface area contributed by atoms with Gasteiger partial charge in [0.25, 0.3) is 0 Å². The highest BCUT2D eigenvalue weighted by atomic mass is 35.5. The molecule has 116 valence electrons. The first-order valence-corrected chi connectivity index (χ1v) is 7.16. The molecule has 1 atom stereocenters. The number of hydrogen-bond donors (Lipinski definition) is 2. The highest BCUT2D eigenvalue weighted by molar-refractivity contribution is 6.30. The highest BCUT2D eigenvalue weighted by Gasteiger charge is 2.18. The van der Waals surface area contributed by atoms with E-state index < -0.39 is 6.04 Å². The van der Waals surface area contributed by atoms with Crippen LogP contribution in [0.5, 0.6) is 0 Å². The lowest BCUT2D eigenvalue weighted by atomic mass is 10.1. The molecule has 23 heavy (non-hydrogen) atoms. The van der Waals surface area contributed by atoms with Crippen LogP contribution in [0, 0.1) is 0 Å². The van der Waals surface area contributed by atoms with Crippen LogP contribution in [0.4, 0.5) is 11.6 Å². The molecular formula is C15H12ClN6O-. The molecule has 1 heterocycles. The molecular weight excluding hydrogens is 316 g/mol. The molecule has 2 N–H and O–H groups in total. The predicted molar refractivity (Wildman–Crippen MR) is 86.5 cm³/mol. The average Bonchev–Trinajstić information content (AvgIpc) is 3.09. The van der Waals surface area contributed by atoms with Gasteiger partial charge >= 0.3 is 0 Å². The SMILES string of the molecule is O=C(Nc1ccc(Cl)cc1)[C@@H]([N-]c1nn[nH]n1)c1ccccc1. The molecule has 0 bridgehead atoms. The zero-order valence-corrected chi connectivity index (χ0v) is 12.6. The Hall–Kier alpha value is -2.93. The van der Waals surface area contributed by atoms with E-state index in [-0.39, 0.29) is 11.9 Å². The topological polar surface area (TPSA) is 97.7 Å². The molecule has 0 spiro atoms. The number of hydrogen-bond acceptors (Lipinski definition) is 4. The van der Waals surface area contributed by atoms with Crippen molar-refractivity contribution >= 4 is 29.1 Å². The van der Waals surface area contributed by atoms with E-state index in [0.717, 1.165) is 5.56 Å². The third-order valence-corrected chi connectivity index (χ3v) is 3.31. The van der Waals surface area contributed by atoms with Crippen molar-refractivity contribution in [3.8, 4) is 0 Å². The zero-order chi connectivity index (χ0) is 16.1. The standard InChI is InChI=1S/C15H13ClN6O/c16-11-6-8-12(9-7-11)17-14(23)13(10-4-2-1-3-5-10)18-15-19-21-22-20-15/h1-9,13H,(H3,17,18,19,20,21,22,23)/p-1/t13-/m0/s1. The van der Waals surface area contributed by atoms with E-state index in [4.69, 9.17) is 11.6 Å². The smallest absolute Gasteiger partial charge is 0.238 e. The number of anilines is 1. The second-order valence-electron chi connectivity index (χ2n) is 4.65. The molecule has 0 saturated heterocycles. The lowest BCUT2D eigenvalue weighted by Gasteiger charge is -2.21. The maximum Gasteiger partial charge on any atom is 0.238 e. The highest BCUT2D eigenvalue weighted by Crippen LogP contribution is 2.29. The van der Waals surface area contributed by atoms with E-state index >= 15 is 0 Å². The minimum atomic E-state index is -0.788. The van der Waals surface area contributed by atoms with Gasteiger partial charge in [-0.15, -0.1) is 5.21 Å². The summed E-state index contributed by atoms with van der Waals surface area (Å²) in [5.74, 6) is -0.187. The first-order valence-electron chi connectivity index (χ1n) is 6.78. The van der Waals surface area contributed by atoms with Crippen molar-refractivity contribution in [2.75, 3.05) is 5.32 Å². The number of rotatable bonds is 5. The number of nitrogens with one attached hydrogen (secondary N) is 2. The number of halogens is 1. The number of aromatic nitrogens is 4. The van der Waals surface area contributed by atoms with Crippen molar-refractivity contribution < 1.29 is 4.79 Å². The number of amides is 1. The summed E-state index contributed by atoms with van der Waals surface area (Å²) in [6, 6.07) is 15.2. The Kier molecular flexibility index (Phi) is 4.49. The molecule has 0 fully saturated rings.